The fraction of sp³-hybridized carbons (Fsp3) is 0.545. The quantitative estimate of drug-likeness (QED) is 0.168. The number of anilines is 1. The Bertz CT molecular complexity index is 1080. The molecule has 1 aliphatic rings. The number of aromatic amines is 1. The minimum Gasteiger partial charge on any atom is -0.387 e. The second-order valence-corrected chi connectivity index (χ2v) is 8.97. The number of nitrogens with two attached hydrogens (primary N) is 1. The molecule has 18 heteroatoms. The number of fused-ring (bicyclic) bond motifs is 1. The van der Waals surface area contributed by atoms with Crippen LogP contribution in [0.5, 0.6) is 0 Å². The smallest absolute Gasteiger partial charge is 0.387 e. The Balaban J connectivity index is 1.84. The first-order chi connectivity index (χ1) is 13.3. The van der Waals surface area contributed by atoms with E-state index in [1.807, 2.05) is 0 Å². The number of phosphoric acid groups is 2. The number of hydrogen-bond donors (Lipinski definition) is 7. The van der Waals surface area contributed by atoms with Gasteiger partial charge in [0.1, 0.15) is 18.3 Å². The van der Waals surface area contributed by atoms with Crippen molar-refractivity contribution in [1.82, 2.24) is 14.5 Å². The van der Waals surface area contributed by atoms with E-state index < -0.39 is 52.4 Å². The topological polar surface area (TPSA) is 244 Å². The maximum atomic E-state index is 12.1. The number of nitrogens with one attached hydrogen (secondary N) is 1. The predicted molar refractivity (Wildman–Crippen MR) is 90.8 cm³/mol. The zero-order chi connectivity index (χ0) is 21.7. The van der Waals surface area contributed by atoms with E-state index in [1.54, 1.807) is 0 Å². The summed E-state index contributed by atoms with van der Waals surface area (Å²) >= 11 is 0. The summed E-state index contributed by atoms with van der Waals surface area (Å²) in [5, 5.41) is 20.5. The minimum absolute atomic E-state index is 0.0317. The lowest BCUT2D eigenvalue weighted by Gasteiger charge is -2.17. The van der Waals surface area contributed by atoms with Crippen LogP contribution in [0.4, 0.5) is 5.95 Å². The fourth-order valence-corrected chi connectivity index (χ4v) is 4.48. The van der Waals surface area contributed by atoms with Crippen LogP contribution in [0.25, 0.3) is 11.2 Å². The molecule has 16 nitrogen and oxygen atoms in total. The second-order valence-electron chi connectivity index (χ2n) is 6.14. The van der Waals surface area contributed by atoms with Gasteiger partial charge in [0.25, 0.3) is 11.2 Å². The summed E-state index contributed by atoms with van der Waals surface area (Å²) in [5.74, 6) is -0.203. The molecule has 3 rings (SSSR count). The van der Waals surface area contributed by atoms with Gasteiger partial charge in [0, 0.05) is 0 Å². The van der Waals surface area contributed by atoms with Crippen molar-refractivity contribution in [2.75, 3.05) is 12.3 Å². The maximum absolute atomic E-state index is 12.1. The number of hydrogen-bond acceptors (Lipinski definition) is 10. The van der Waals surface area contributed by atoms with Gasteiger partial charge in [-0.25, -0.2) is 13.7 Å². The monoisotopic (exact) mass is 458 g/mol. The number of ether oxygens (including phenoxy) is 1. The van der Waals surface area contributed by atoms with E-state index in [4.69, 9.17) is 20.3 Å². The highest BCUT2D eigenvalue weighted by Gasteiger charge is 2.48. The Kier molecular flexibility index (Phi) is 5.70. The normalized spacial score (nSPS) is 27.4. The van der Waals surface area contributed by atoms with Gasteiger partial charge in [-0.3, -0.25) is 14.3 Å². The molecule has 0 radical (unpaired) electrons. The number of aromatic nitrogens is 4. The molecule has 0 spiro atoms. The molecule has 2 aromatic rings. The van der Waals surface area contributed by atoms with Gasteiger partial charge >= 0.3 is 21.2 Å². The number of aliphatic hydroxyl groups excluding tert-OH is 2. The molecule has 1 aliphatic heterocycles. The van der Waals surface area contributed by atoms with Crippen LogP contribution < -0.4 is 15.9 Å². The molecule has 2 aromatic heterocycles. The number of aryl methyl sites for hydroxylation is 1. The maximum Gasteiger partial charge on any atom is 0.481 e. The standard InChI is InChI=1S/C11H17N5O11P2/c1-15-3-16(8-5(15)9(19)14-11(12)13-8)10-7(18)6(17)4(26-10)2-25-29(23,24)27-28(20,21)22/h3-4,6-7,10,17-18H,2H2,1H3,(H5-,12,13,14,19,20,21,22,23,24)/p+1/t4-,6?,7?,10-/m1/s1. The van der Waals surface area contributed by atoms with Crippen LogP contribution in [-0.2, 0) is 29.7 Å². The number of aliphatic hydroxyl groups is 2. The van der Waals surface area contributed by atoms with E-state index in [-0.39, 0.29) is 17.1 Å². The van der Waals surface area contributed by atoms with Crippen molar-refractivity contribution < 1.29 is 52.2 Å². The summed E-state index contributed by atoms with van der Waals surface area (Å²) in [6, 6.07) is 0. The molecule has 0 bridgehead atoms. The van der Waals surface area contributed by atoms with Gasteiger partial charge in [-0.15, -0.1) is 0 Å². The Morgan fingerprint density at radius 1 is 1.34 bits per heavy atom. The number of nitrogen functional groups attached to an aromatic ring is 1. The van der Waals surface area contributed by atoms with Crippen molar-refractivity contribution in [3.8, 4) is 0 Å². The van der Waals surface area contributed by atoms with Gasteiger partial charge in [0.05, 0.1) is 13.7 Å². The number of nitrogens with zero attached hydrogens (tertiary/aromatic N) is 3. The third-order valence-corrected chi connectivity index (χ3v) is 6.16. The zero-order valence-corrected chi connectivity index (χ0v) is 16.4. The van der Waals surface area contributed by atoms with Crippen molar-refractivity contribution in [3.63, 3.8) is 0 Å². The third-order valence-electron chi connectivity index (χ3n) is 4.01. The van der Waals surface area contributed by atoms with E-state index in [9.17, 15) is 29.0 Å². The lowest BCUT2D eigenvalue weighted by molar-refractivity contribution is -0.646. The van der Waals surface area contributed by atoms with Crippen molar-refractivity contribution >= 4 is 32.8 Å². The molecule has 1 fully saturated rings. The van der Waals surface area contributed by atoms with Gasteiger partial charge < -0.3 is 35.4 Å². The van der Waals surface area contributed by atoms with Gasteiger partial charge in [-0.1, -0.05) is 0 Å². The highest BCUT2D eigenvalue weighted by Crippen LogP contribution is 2.57. The molecule has 0 saturated carbocycles. The van der Waals surface area contributed by atoms with Crippen LogP contribution in [0.3, 0.4) is 0 Å². The van der Waals surface area contributed by atoms with Gasteiger partial charge in [-0.2, -0.15) is 13.9 Å². The minimum atomic E-state index is -5.32. The molecule has 29 heavy (non-hydrogen) atoms. The molecule has 8 N–H and O–H groups in total. The molecule has 3 unspecified atom stereocenters. The molecule has 0 aromatic carbocycles. The van der Waals surface area contributed by atoms with Crippen LogP contribution >= 0.6 is 15.6 Å². The Labute approximate surface area is 160 Å². The van der Waals surface area contributed by atoms with Crippen molar-refractivity contribution in [2.45, 2.75) is 24.5 Å². The van der Waals surface area contributed by atoms with E-state index in [0.29, 0.717) is 0 Å². The molecule has 0 aliphatic carbocycles. The van der Waals surface area contributed by atoms with Crippen LogP contribution in [0.2, 0.25) is 0 Å². The summed E-state index contributed by atoms with van der Waals surface area (Å²) in [4.78, 5) is 44.8. The zero-order valence-electron chi connectivity index (χ0n) is 14.6. The van der Waals surface area contributed by atoms with Crippen molar-refractivity contribution in [2.24, 2.45) is 7.05 Å². The molecule has 0 amide bonds. The van der Waals surface area contributed by atoms with E-state index in [2.05, 4.69) is 18.8 Å². The predicted octanol–water partition coefficient (Wildman–Crippen LogP) is -3.02. The van der Waals surface area contributed by atoms with Gasteiger partial charge in [-0.05, 0) is 0 Å². The van der Waals surface area contributed by atoms with Crippen LogP contribution in [0.15, 0.2) is 11.1 Å². The first kappa shape index (κ1) is 22.0. The van der Waals surface area contributed by atoms with E-state index >= 15 is 0 Å². The average molecular weight is 458 g/mol. The highest BCUT2D eigenvalue weighted by atomic mass is 31.3. The molecular formula is C11H18N5O11P2+. The van der Waals surface area contributed by atoms with Crippen LogP contribution in [-0.4, -0.2) is 64.3 Å². The number of rotatable bonds is 6. The molecular weight excluding hydrogens is 440 g/mol. The highest BCUT2D eigenvalue weighted by molar-refractivity contribution is 7.60. The number of H-pyrrole nitrogens is 1. The lowest BCUT2D eigenvalue weighted by atomic mass is 10.1. The van der Waals surface area contributed by atoms with Crippen molar-refractivity contribution in [3.05, 3.63) is 16.7 Å². The largest absolute Gasteiger partial charge is 0.481 e. The summed E-state index contributed by atoms with van der Waals surface area (Å²) in [6.07, 6.45) is -4.54. The fourth-order valence-electron chi connectivity index (χ4n) is 2.88. The summed E-state index contributed by atoms with van der Waals surface area (Å²) < 4.78 is 38.3. The molecule has 1 saturated heterocycles. The summed E-state index contributed by atoms with van der Waals surface area (Å²) in [6.45, 7) is -0.857. The second kappa shape index (κ2) is 7.52. The Morgan fingerprint density at radius 2 is 2.00 bits per heavy atom. The first-order valence-electron chi connectivity index (χ1n) is 7.81. The molecule has 3 heterocycles. The van der Waals surface area contributed by atoms with E-state index in [1.165, 1.54) is 22.5 Å². The average Bonchev–Trinajstić information content (AvgIpc) is 3.01. The van der Waals surface area contributed by atoms with Gasteiger partial charge in [0.15, 0.2) is 0 Å². The van der Waals surface area contributed by atoms with Gasteiger partial charge in [0.2, 0.25) is 18.5 Å². The third kappa shape index (κ3) is 4.57. The SMILES string of the molecule is C[n+]1cn([C@@H]2O[C@H](COP(=O)(O)OP(=O)(O)O)C(O)C2O)c2nc(N)[nH]c(=O)c21. The van der Waals surface area contributed by atoms with E-state index in [0.717, 1.165) is 0 Å². The Morgan fingerprint density at radius 3 is 2.62 bits per heavy atom. The summed E-state index contributed by atoms with van der Waals surface area (Å²) in [7, 11) is -8.97. The van der Waals surface area contributed by atoms with Crippen molar-refractivity contribution in [1.29, 1.82) is 0 Å². The molecule has 5 atom stereocenters. The lowest BCUT2D eigenvalue weighted by Crippen LogP contribution is -2.34. The van der Waals surface area contributed by atoms with Crippen LogP contribution in [0.1, 0.15) is 6.23 Å². The first-order valence-corrected chi connectivity index (χ1v) is 10.8. The van der Waals surface area contributed by atoms with Crippen LogP contribution in [0, 0.1) is 0 Å². The Hall–Kier alpha value is -1.71. The molecule has 162 valence electrons. The number of phosphoric ester groups is 1. The summed E-state index contributed by atoms with van der Waals surface area (Å²) in [5.41, 5.74) is 5.11. The number of imidazole rings is 1.